The molecule has 46 heavy (non-hydrogen) atoms. The molecule has 1 aliphatic rings. The van der Waals surface area contributed by atoms with Gasteiger partial charge in [0.15, 0.2) is 23.6 Å². The number of aromatic hydroxyl groups is 1. The number of nitrogen functional groups attached to an aromatic ring is 1. The molecule has 0 radical (unpaired) electrons. The Bertz CT molecular complexity index is 2110. The van der Waals surface area contributed by atoms with Crippen molar-refractivity contribution in [3.05, 3.63) is 107 Å². The second kappa shape index (κ2) is 11.8. The Morgan fingerprint density at radius 2 is 1.78 bits per heavy atom. The second-order valence-corrected chi connectivity index (χ2v) is 10.4. The van der Waals surface area contributed by atoms with E-state index in [-0.39, 0.29) is 6.29 Å². The topological polar surface area (TPSA) is 168 Å². The van der Waals surface area contributed by atoms with Crippen LogP contribution < -0.4 is 11.5 Å². The molecule has 0 saturated heterocycles. The first-order valence-corrected chi connectivity index (χ1v) is 14.0. The Hall–Kier alpha value is -6.05. The maximum atomic E-state index is 12.4. The average Bonchev–Trinajstić information content (AvgIpc) is 3.80. The summed E-state index contributed by atoms with van der Waals surface area (Å²) < 4.78 is 41.0. The van der Waals surface area contributed by atoms with Gasteiger partial charge in [-0.3, -0.25) is 14.2 Å². The number of pyridine rings is 2. The normalized spacial score (nSPS) is 12.4. The zero-order valence-corrected chi connectivity index (χ0v) is 23.9. The molecule has 0 fully saturated rings. The summed E-state index contributed by atoms with van der Waals surface area (Å²) in [7, 11) is 0. The number of aldehydes is 1. The average molecular weight is 627 g/mol. The number of primary amides is 1. The van der Waals surface area contributed by atoms with Crippen molar-refractivity contribution in [3.63, 3.8) is 0 Å². The van der Waals surface area contributed by atoms with Gasteiger partial charge < -0.3 is 16.6 Å². The summed E-state index contributed by atoms with van der Waals surface area (Å²) in [6, 6.07) is 17.4. The van der Waals surface area contributed by atoms with Crippen LogP contribution in [0, 0.1) is 0 Å². The largest absolute Gasteiger partial charge is 0.507 e. The van der Waals surface area contributed by atoms with Gasteiger partial charge in [-0.2, -0.15) is 18.3 Å². The first-order chi connectivity index (χ1) is 22.0. The van der Waals surface area contributed by atoms with Crippen molar-refractivity contribution in [3.8, 4) is 28.6 Å². The Balaban J connectivity index is 0.000000198. The summed E-state index contributed by atoms with van der Waals surface area (Å²) in [5, 5.41) is 13.4. The van der Waals surface area contributed by atoms with Gasteiger partial charge in [0.2, 0.25) is 5.91 Å². The fourth-order valence-electron chi connectivity index (χ4n) is 5.31. The maximum absolute atomic E-state index is 12.4. The van der Waals surface area contributed by atoms with Gasteiger partial charge in [-0.25, -0.2) is 19.6 Å². The van der Waals surface area contributed by atoms with Crippen molar-refractivity contribution in [1.82, 2.24) is 29.3 Å². The van der Waals surface area contributed by atoms with Crippen LogP contribution in [0.4, 0.5) is 19.0 Å². The van der Waals surface area contributed by atoms with Crippen LogP contribution in [0.15, 0.2) is 79.3 Å². The van der Waals surface area contributed by atoms with Gasteiger partial charge in [-0.1, -0.05) is 6.07 Å². The first-order valence-electron chi connectivity index (χ1n) is 14.0. The summed E-state index contributed by atoms with van der Waals surface area (Å²) in [4.78, 5) is 35.2. The molecule has 232 valence electrons. The van der Waals surface area contributed by atoms with Crippen LogP contribution in [0.2, 0.25) is 0 Å². The molecule has 5 N–H and O–H groups in total. The van der Waals surface area contributed by atoms with Gasteiger partial charge >= 0.3 is 6.18 Å². The number of aromatic nitrogens is 6. The molecular weight excluding hydrogens is 601 g/mol. The quantitative estimate of drug-likeness (QED) is 0.223. The molecule has 2 aromatic carbocycles. The van der Waals surface area contributed by atoms with Gasteiger partial charge in [0.25, 0.3) is 0 Å². The lowest BCUT2D eigenvalue weighted by atomic mass is 10.0. The highest BCUT2D eigenvalue weighted by Crippen LogP contribution is 2.38. The fourth-order valence-corrected chi connectivity index (χ4v) is 5.31. The standard InChI is InChI=1S/C23H19N7.C9H6F3NO3/c24-21-18(6-2-11-25-21)22-27-19-9-10-20(29-13-3-12-26-29)28-23(19)30(22)17-8-7-15-4-1-5-16(15)14-17;10-9(11,12)6-2-4(8(13)16)1-5(3-14)7(6)15/h2-3,6-14H,1,4-5H2,(H2,24,25);1-3,15H,(H2,13,16). The van der Waals surface area contributed by atoms with Crippen molar-refractivity contribution in [2.45, 2.75) is 25.4 Å². The molecule has 14 heteroatoms. The molecule has 6 aromatic rings. The van der Waals surface area contributed by atoms with Crippen LogP contribution in [-0.4, -0.2) is 46.6 Å². The number of phenolic OH excluding ortho intramolecular Hbond substituents is 1. The van der Waals surface area contributed by atoms with Crippen molar-refractivity contribution >= 4 is 29.2 Å². The Labute approximate surface area is 259 Å². The van der Waals surface area contributed by atoms with E-state index in [2.05, 4.69) is 32.8 Å². The fraction of sp³-hybridized carbons (Fsp3) is 0.125. The van der Waals surface area contributed by atoms with Crippen LogP contribution in [0.25, 0.3) is 34.1 Å². The number of phenols is 1. The predicted octanol–water partition coefficient (Wildman–Crippen LogP) is 5.06. The van der Waals surface area contributed by atoms with Crippen molar-refractivity contribution in [2.75, 3.05) is 5.73 Å². The number of rotatable bonds is 5. The molecule has 0 unspecified atom stereocenters. The number of hydrogen-bond acceptors (Lipinski definition) is 8. The summed E-state index contributed by atoms with van der Waals surface area (Å²) in [6.45, 7) is 0. The van der Waals surface area contributed by atoms with E-state index in [1.54, 1.807) is 17.1 Å². The van der Waals surface area contributed by atoms with Gasteiger partial charge in [0.1, 0.15) is 17.1 Å². The number of aryl methyl sites for hydroxylation is 2. The van der Waals surface area contributed by atoms with E-state index in [4.69, 9.17) is 26.5 Å². The molecule has 1 aliphatic carbocycles. The summed E-state index contributed by atoms with van der Waals surface area (Å²) in [5.41, 5.74) is 14.6. The monoisotopic (exact) mass is 626 g/mol. The molecule has 0 saturated carbocycles. The Morgan fingerprint density at radius 1 is 0.978 bits per heavy atom. The molecule has 4 aromatic heterocycles. The van der Waals surface area contributed by atoms with Gasteiger partial charge in [-0.05, 0) is 85.0 Å². The second-order valence-electron chi connectivity index (χ2n) is 10.4. The third kappa shape index (κ3) is 5.63. The van der Waals surface area contributed by atoms with Crippen molar-refractivity contribution < 1.29 is 27.9 Å². The van der Waals surface area contributed by atoms with E-state index in [0.717, 1.165) is 53.0 Å². The first kappa shape index (κ1) is 30.0. The molecule has 1 amide bonds. The molecule has 0 aliphatic heterocycles. The van der Waals surface area contributed by atoms with Crippen LogP contribution in [0.3, 0.4) is 0 Å². The highest BCUT2D eigenvalue weighted by molar-refractivity contribution is 5.96. The zero-order valence-electron chi connectivity index (χ0n) is 23.9. The number of carbonyl (C=O) groups excluding carboxylic acids is 2. The lowest BCUT2D eigenvalue weighted by molar-refractivity contribution is -0.138. The molecular formula is C32H25F3N8O3. The highest BCUT2D eigenvalue weighted by Gasteiger charge is 2.35. The summed E-state index contributed by atoms with van der Waals surface area (Å²) in [6.07, 6.45) is 3.90. The minimum Gasteiger partial charge on any atom is -0.507 e. The maximum Gasteiger partial charge on any atom is 0.420 e. The lowest BCUT2D eigenvalue weighted by Gasteiger charge is -2.12. The number of alkyl halides is 3. The van der Waals surface area contributed by atoms with E-state index < -0.39 is 34.5 Å². The van der Waals surface area contributed by atoms with E-state index >= 15 is 0 Å². The lowest BCUT2D eigenvalue weighted by Crippen LogP contribution is -2.14. The molecule has 0 bridgehead atoms. The number of nitrogens with zero attached hydrogens (tertiary/aromatic N) is 6. The van der Waals surface area contributed by atoms with Crippen LogP contribution in [0.1, 0.15) is 43.8 Å². The SMILES string of the molecule is NC(=O)c1cc(C=O)c(O)c(C(F)(F)F)c1.Nc1ncccc1-c1nc2ccc(-n3cccn3)nc2n1-c1ccc2c(c1)CCC2. The third-order valence-electron chi connectivity index (χ3n) is 7.50. The number of amides is 1. The highest BCUT2D eigenvalue weighted by atomic mass is 19.4. The number of imidazole rings is 1. The summed E-state index contributed by atoms with van der Waals surface area (Å²) >= 11 is 0. The number of benzene rings is 2. The molecule has 0 atom stereocenters. The molecule has 0 spiro atoms. The van der Waals surface area contributed by atoms with Crippen LogP contribution in [-0.2, 0) is 19.0 Å². The minimum atomic E-state index is -4.87. The van der Waals surface area contributed by atoms with Gasteiger partial charge in [-0.15, -0.1) is 0 Å². The number of halogens is 3. The third-order valence-corrected chi connectivity index (χ3v) is 7.50. The molecule has 11 nitrogen and oxygen atoms in total. The van der Waals surface area contributed by atoms with Crippen LogP contribution >= 0.6 is 0 Å². The number of fused-ring (bicyclic) bond motifs is 2. The van der Waals surface area contributed by atoms with Crippen molar-refractivity contribution in [2.24, 2.45) is 5.73 Å². The molecule has 7 rings (SSSR count). The van der Waals surface area contributed by atoms with E-state index in [1.807, 2.05) is 36.5 Å². The number of anilines is 1. The van der Waals surface area contributed by atoms with E-state index in [0.29, 0.717) is 11.9 Å². The van der Waals surface area contributed by atoms with Gasteiger partial charge in [0, 0.05) is 29.8 Å². The Kier molecular flexibility index (Phi) is 7.69. The number of carbonyl (C=O) groups is 2. The van der Waals surface area contributed by atoms with Crippen LogP contribution in [0.5, 0.6) is 5.75 Å². The number of nitrogens with two attached hydrogens (primary N) is 2. The van der Waals surface area contributed by atoms with Gasteiger partial charge in [0.05, 0.1) is 16.7 Å². The van der Waals surface area contributed by atoms with Crippen molar-refractivity contribution in [1.29, 1.82) is 0 Å². The van der Waals surface area contributed by atoms with E-state index in [9.17, 15) is 22.8 Å². The minimum absolute atomic E-state index is 0.0109. The Morgan fingerprint density at radius 3 is 2.48 bits per heavy atom. The zero-order chi connectivity index (χ0) is 32.6. The number of hydrogen-bond donors (Lipinski definition) is 3. The predicted molar refractivity (Wildman–Crippen MR) is 163 cm³/mol. The molecule has 4 heterocycles. The summed E-state index contributed by atoms with van der Waals surface area (Å²) in [5.74, 6) is -0.414. The van der Waals surface area contributed by atoms with E-state index in [1.165, 1.54) is 17.5 Å². The smallest absolute Gasteiger partial charge is 0.420 e.